The molecule has 0 amide bonds. The maximum atomic E-state index is 8.78. The normalized spacial score (nSPS) is 10.6. The topological polar surface area (TPSA) is 50.1 Å². The van der Waals surface area contributed by atoms with Gasteiger partial charge in [-0.1, -0.05) is 30.3 Å². The molecule has 4 heteroatoms. The standard InChI is InChI=1S/C13H17N3O/c17-7-6-16-11-13(10-15-16)9-14-8-12-4-2-1-3-5-12/h1-5,10-11,14,17H,6-9H2. The minimum atomic E-state index is 0.124. The molecule has 0 saturated carbocycles. The van der Waals surface area contributed by atoms with Crippen molar-refractivity contribution in [2.24, 2.45) is 0 Å². The van der Waals surface area contributed by atoms with Gasteiger partial charge in [-0.05, 0) is 5.56 Å². The summed E-state index contributed by atoms with van der Waals surface area (Å²) in [5, 5.41) is 16.3. The van der Waals surface area contributed by atoms with Crippen LogP contribution in [0.1, 0.15) is 11.1 Å². The highest BCUT2D eigenvalue weighted by Gasteiger charge is 1.98. The van der Waals surface area contributed by atoms with Crippen LogP contribution in [0, 0.1) is 0 Å². The van der Waals surface area contributed by atoms with Crippen LogP contribution in [0.15, 0.2) is 42.7 Å². The molecule has 1 aromatic carbocycles. The van der Waals surface area contributed by atoms with Crippen molar-refractivity contribution in [2.75, 3.05) is 6.61 Å². The Labute approximate surface area is 101 Å². The summed E-state index contributed by atoms with van der Waals surface area (Å²) in [6, 6.07) is 10.3. The summed E-state index contributed by atoms with van der Waals surface area (Å²) < 4.78 is 1.75. The lowest BCUT2D eigenvalue weighted by atomic mass is 10.2. The Morgan fingerprint density at radius 3 is 2.65 bits per heavy atom. The Hall–Kier alpha value is -1.65. The van der Waals surface area contributed by atoms with Crippen molar-refractivity contribution < 1.29 is 5.11 Å². The van der Waals surface area contributed by atoms with E-state index in [0.717, 1.165) is 18.7 Å². The second kappa shape index (κ2) is 6.18. The lowest BCUT2D eigenvalue weighted by Crippen LogP contribution is -2.12. The molecule has 2 rings (SSSR count). The first-order valence-corrected chi connectivity index (χ1v) is 5.75. The first-order chi connectivity index (χ1) is 8.38. The van der Waals surface area contributed by atoms with Crippen molar-refractivity contribution in [1.82, 2.24) is 15.1 Å². The van der Waals surface area contributed by atoms with Crippen molar-refractivity contribution in [1.29, 1.82) is 0 Å². The molecule has 0 aliphatic heterocycles. The van der Waals surface area contributed by atoms with Gasteiger partial charge in [-0.15, -0.1) is 0 Å². The molecular formula is C13H17N3O. The van der Waals surface area contributed by atoms with Crippen LogP contribution in [0.2, 0.25) is 0 Å². The third-order valence-corrected chi connectivity index (χ3v) is 2.52. The predicted molar refractivity (Wildman–Crippen MR) is 66.3 cm³/mol. The average Bonchev–Trinajstić information content (AvgIpc) is 2.79. The Balaban J connectivity index is 1.78. The molecule has 0 aliphatic rings. The van der Waals surface area contributed by atoms with Crippen molar-refractivity contribution in [3.63, 3.8) is 0 Å². The molecule has 1 aromatic heterocycles. The number of nitrogens with zero attached hydrogens (tertiary/aromatic N) is 2. The summed E-state index contributed by atoms with van der Waals surface area (Å²) in [5.41, 5.74) is 2.41. The summed E-state index contributed by atoms with van der Waals surface area (Å²) in [7, 11) is 0. The zero-order valence-electron chi connectivity index (χ0n) is 9.71. The van der Waals surface area contributed by atoms with E-state index in [1.165, 1.54) is 5.56 Å². The third kappa shape index (κ3) is 3.69. The van der Waals surface area contributed by atoms with E-state index in [9.17, 15) is 0 Å². The van der Waals surface area contributed by atoms with E-state index in [2.05, 4.69) is 22.5 Å². The number of benzene rings is 1. The minimum Gasteiger partial charge on any atom is -0.394 e. The molecule has 1 heterocycles. The summed E-state index contributed by atoms with van der Waals surface area (Å²) >= 11 is 0. The number of nitrogens with one attached hydrogen (secondary N) is 1. The van der Waals surface area contributed by atoms with E-state index in [0.29, 0.717) is 6.54 Å². The van der Waals surface area contributed by atoms with E-state index in [4.69, 9.17) is 5.11 Å². The highest BCUT2D eigenvalue weighted by atomic mass is 16.3. The summed E-state index contributed by atoms with van der Waals surface area (Å²) in [6.45, 7) is 2.32. The van der Waals surface area contributed by atoms with Crippen LogP contribution in [0.5, 0.6) is 0 Å². The summed E-state index contributed by atoms with van der Waals surface area (Å²) in [4.78, 5) is 0. The molecule has 2 aromatic rings. The quantitative estimate of drug-likeness (QED) is 0.784. The van der Waals surface area contributed by atoms with Crippen LogP contribution in [-0.4, -0.2) is 21.5 Å². The lowest BCUT2D eigenvalue weighted by Gasteiger charge is -2.02. The van der Waals surface area contributed by atoms with E-state index < -0.39 is 0 Å². The lowest BCUT2D eigenvalue weighted by molar-refractivity contribution is 0.269. The number of rotatable bonds is 6. The summed E-state index contributed by atoms with van der Waals surface area (Å²) in [5.74, 6) is 0. The molecule has 0 radical (unpaired) electrons. The number of hydrogen-bond acceptors (Lipinski definition) is 3. The van der Waals surface area contributed by atoms with Crippen LogP contribution in [0.3, 0.4) is 0 Å². The number of hydrogen-bond donors (Lipinski definition) is 2. The second-order valence-corrected chi connectivity index (χ2v) is 3.92. The van der Waals surface area contributed by atoms with Gasteiger partial charge in [0.15, 0.2) is 0 Å². The largest absolute Gasteiger partial charge is 0.394 e. The molecule has 0 spiro atoms. The maximum absolute atomic E-state index is 8.78. The van der Waals surface area contributed by atoms with Crippen molar-refractivity contribution >= 4 is 0 Å². The Morgan fingerprint density at radius 2 is 1.88 bits per heavy atom. The Morgan fingerprint density at radius 1 is 1.12 bits per heavy atom. The van der Waals surface area contributed by atoms with Crippen LogP contribution in [-0.2, 0) is 19.6 Å². The van der Waals surface area contributed by atoms with Crippen LogP contribution < -0.4 is 5.32 Å². The van der Waals surface area contributed by atoms with E-state index in [1.54, 1.807) is 4.68 Å². The SMILES string of the molecule is OCCn1cc(CNCc2ccccc2)cn1. The molecule has 0 saturated heterocycles. The molecule has 17 heavy (non-hydrogen) atoms. The van der Waals surface area contributed by atoms with Gasteiger partial charge in [0, 0.05) is 24.8 Å². The van der Waals surface area contributed by atoms with Gasteiger partial charge in [0.2, 0.25) is 0 Å². The molecule has 0 unspecified atom stereocenters. The number of aliphatic hydroxyl groups excluding tert-OH is 1. The van der Waals surface area contributed by atoms with E-state index >= 15 is 0 Å². The van der Waals surface area contributed by atoms with Gasteiger partial charge in [-0.2, -0.15) is 5.10 Å². The Kier molecular flexibility index (Phi) is 4.30. The molecule has 0 atom stereocenters. The fourth-order valence-corrected chi connectivity index (χ4v) is 1.67. The van der Waals surface area contributed by atoms with Gasteiger partial charge in [-0.3, -0.25) is 4.68 Å². The maximum Gasteiger partial charge on any atom is 0.0640 e. The molecule has 0 aliphatic carbocycles. The smallest absolute Gasteiger partial charge is 0.0640 e. The van der Waals surface area contributed by atoms with Gasteiger partial charge in [-0.25, -0.2) is 0 Å². The van der Waals surface area contributed by atoms with Gasteiger partial charge >= 0.3 is 0 Å². The highest BCUT2D eigenvalue weighted by molar-refractivity contribution is 5.14. The van der Waals surface area contributed by atoms with Gasteiger partial charge in [0.05, 0.1) is 19.3 Å². The van der Waals surface area contributed by atoms with Crippen molar-refractivity contribution in [2.45, 2.75) is 19.6 Å². The molecule has 90 valence electrons. The first-order valence-electron chi connectivity index (χ1n) is 5.75. The summed E-state index contributed by atoms with van der Waals surface area (Å²) in [6.07, 6.45) is 3.78. The van der Waals surface area contributed by atoms with Gasteiger partial charge in [0.25, 0.3) is 0 Å². The van der Waals surface area contributed by atoms with E-state index in [-0.39, 0.29) is 6.61 Å². The molecular weight excluding hydrogens is 214 g/mol. The van der Waals surface area contributed by atoms with Crippen LogP contribution >= 0.6 is 0 Å². The zero-order valence-corrected chi connectivity index (χ0v) is 9.71. The third-order valence-electron chi connectivity index (χ3n) is 2.52. The first kappa shape index (κ1) is 11.8. The predicted octanol–water partition coefficient (Wildman–Crippen LogP) is 1.17. The zero-order chi connectivity index (χ0) is 11.9. The van der Waals surface area contributed by atoms with Crippen molar-refractivity contribution in [3.05, 3.63) is 53.9 Å². The van der Waals surface area contributed by atoms with Gasteiger partial charge < -0.3 is 10.4 Å². The Bertz CT molecular complexity index is 439. The van der Waals surface area contributed by atoms with Crippen LogP contribution in [0.4, 0.5) is 0 Å². The molecule has 0 bridgehead atoms. The van der Waals surface area contributed by atoms with Crippen molar-refractivity contribution in [3.8, 4) is 0 Å². The molecule has 0 fully saturated rings. The number of aromatic nitrogens is 2. The minimum absolute atomic E-state index is 0.124. The molecule has 2 N–H and O–H groups in total. The molecule has 4 nitrogen and oxygen atoms in total. The number of aliphatic hydroxyl groups is 1. The fourth-order valence-electron chi connectivity index (χ4n) is 1.67. The van der Waals surface area contributed by atoms with Crippen LogP contribution in [0.25, 0.3) is 0 Å². The fraction of sp³-hybridized carbons (Fsp3) is 0.308. The second-order valence-electron chi connectivity index (χ2n) is 3.92. The van der Waals surface area contributed by atoms with E-state index in [1.807, 2.05) is 30.6 Å². The monoisotopic (exact) mass is 231 g/mol. The van der Waals surface area contributed by atoms with Gasteiger partial charge in [0.1, 0.15) is 0 Å². The average molecular weight is 231 g/mol. The highest BCUT2D eigenvalue weighted by Crippen LogP contribution is 2.00.